The Labute approximate surface area is 165 Å². The van der Waals surface area contributed by atoms with Gasteiger partial charge in [-0.1, -0.05) is 0 Å². The molecule has 146 valence electrons. The predicted molar refractivity (Wildman–Crippen MR) is 108 cm³/mol. The number of carbonyl (C=O) groups is 1. The molecule has 1 fully saturated rings. The number of benzene rings is 1. The van der Waals surface area contributed by atoms with Gasteiger partial charge in [0.05, 0.1) is 12.9 Å². The Morgan fingerprint density at radius 1 is 1.21 bits per heavy atom. The molecule has 0 saturated carbocycles. The van der Waals surface area contributed by atoms with Crippen LogP contribution < -0.4 is 5.32 Å². The minimum atomic E-state index is 0.0369. The topological polar surface area (TPSA) is 68.0 Å². The van der Waals surface area contributed by atoms with Crippen LogP contribution >= 0.6 is 0 Å². The SMILES string of the molecule is Cc1nccn1C[C@@H]1CCCN(CC(=O)Nc2ccc(-n3ccnc3)cc2)C1. The van der Waals surface area contributed by atoms with E-state index in [1.165, 1.54) is 6.42 Å². The van der Waals surface area contributed by atoms with E-state index in [4.69, 9.17) is 0 Å². The lowest BCUT2D eigenvalue weighted by atomic mass is 9.98. The maximum absolute atomic E-state index is 12.5. The largest absolute Gasteiger partial charge is 0.335 e. The van der Waals surface area contributed by atoms with Crippen molar-refractivity contribution in [2.75, 3.05) is 25.0 Å². The fraction of sp³-hybridized carbons (Fsp3) is 0.381. The van der Waals surface area contributed by atoms with Gasteiger partial charge in [-0.25, -0.2) is 9.97 Å². The number of hydrogen-bond donors (Lipinski definition) is 1. The molecule has 7 nitrogen and oxygen atoms in total. The number of rotatable bonds is 6. The van der Waals surface area contributed by atoms with E-state index in [0.717, 1.165) is 43.3 Å². The van der Waals surface area contributed by atoms with Crippen molar-refractivity contribution < 1.29 is 4.79 Å². The zero-order chi connectivity index (χ0) is 19.3. The summed E-state index contributed by atoms with van der Waals surface area (Å²) in [6.07, 6.45) is 11.6. The Kier molecular flexibility index (Phi) is 5.53. The van der Waals surface area contributed by atoms with Gasteiger partial charge in [-0.05, 0) is 56.5 Å². The van der Waals surface area contributed by atoms with Gasteiger partial charge in [-0.3, -0.25) is 9.69 Å². The molecule has 3 heterocycles. The molecule has 3 aromatic rings. The lowest BCUT2D eigenvalue weighted by molar-refractivity contribution is -0.117. The maximum atomic E-state index is 12.5. The van der Waals surface area contributed by atoms with Gasteiger partial charge in [0.25, 0.3) is 0 Å². The number of nitrogens with zero attached hydrogens (tertiary/aromatic N) is 5. The molecule has 1 aliphatic heterocycles. The second-order valence-electron chi connectivity index (χ2n) is 7.44. The first-order valence-electron chi connectivity index (χ1n) is 9.76. The molecule has 2 aromatic heterocycles. The third kappa shape index (κ3) is 4.48. The maximum Gasteiger partial charge on any atom is 0.238 e. The minimum absolute atomic E-state index is 0.0369. The van der Waals surface area contributed by atoms with Gasteiger partial charge >= 0.3 is 0 Å². The summed E-state index contributed by atoms with van der Waals surface area (Å²) in [5.74, 6) is 1.65. The van der Waals surface area contributed by atoms with Gasteiger partial charge < -0.3 is 14.5 Å². The van der Waals surface area contributed by atoms with E-state index in [9.17, 15) is 4.79 Å². The predicted octanol–water partition coefficient (Wildman–Crippen LogP) is 2.73. The van der Waals surface area contributed by atoms with Crippen molar-refractivity contribution >= 4 is 11.6 Å². The van der Waals surface area contributed by atoms with Crippen molar-refractivity contribution in [1.29, 1.82) is 0 Å². The van der Waals surface area contributed by atoms with Crippen LogP contribution in [-0.4, -0.2) is 49.5 Å². The number of likely N-dealkylation sites (tertiary alicyclic amines) is 1. The van der Waals surface area contributed by atoms with Crippen molar-refractivity contribution in [3.05, 3.63) is 61.2 Å². The molecule has 1 saturated heterocycles. The molecule has 28 heavy (non-hydrogen) atoms. The Morgan fingerprint density at radius 2 is 2.07 bits per heavy atom. The first kappa shape index (κ1) is 18.4. The number of anilines is 1. The number of aromatic nitrogens is 4. The van der Waals surface area contributed by atoms with Gasteiger partial charge in [0, 0.05) is 49.3 Å². The lowest BCUT2D eigenvalue weighted by Gasteiger charge is -2.32. The van der Waals surface area contributed by atoms with E-state index in [0.29, 0.717) is 12.5 Å². The van der Waals surface area contributed by atoms with Crippen molar-refractivity contribution in [3.63, 3.8) is 0 Å². The molecule has 0 spiro atoms. The first-order chi connectivity index (χ1) is 13.7. The van der Waals surface area contributed by atoms with E-state index < -0.39 is 0 Å². The van der Waals surface area contributed by atoms with Crippen LogP contribution in [0.15, 0.2) is 55.4 Å². The molecule has 1 atom stereocenters. The van der Waals surface area contributed by atoms with E-state index in [1.807, 2.05) is 54.3 Å². The van der Waals surface area contributed by atoms with Gasteiger partial charge in [0.1, 0.15) is 5.82 Å². The van der Waals surface area contributed by atoms with Gasteiger partial charge in [-0.2, -0.15) is 0 Å². The fourth-order valence-corrected chi connectivity index (χ4v) is 3.85. The molecular formula is C21H26N6O. The molecule has 7 heteroatoms. The minimum Gasteiger partial charge on any atom is -0.335 e. The Bertz CT molecular complexity index is 899. The van der Waals surface area contributed by atoms with Crippen LogP contribution in [0.1, 0.15) is 18.7 Å². The second-order valence-corrected chi connectivity index (χ2v) is 7.44. The highest BCUT2D eigenvalue weighted by Gasteiger charge is 2.22. The molecule has 0 unspecified atom stereocenters. The van der Waals surface area contributed by atoms with E-state index in [2.05, 4.69) is 24.8 Å². The summed E-state index contributed by atoms with van der Waals surface area (Å²) in [6, 6.07) is 7.80. The third-order valence-corrected chi connectivity index (χ3v) is 5.30. The Morgan fingerprint density at radius 3 is 2.79 bits per heavy atom. The van der Waals surface area contributed by atoms with Crippen LogP contribution in [0.2, 0.25) is 0 Å². The molecule has 1 aromatic carbocycles. The fourth-order valence-electron chi connectivity index (χ4n) is 3.85. The quantitative estimate of drug-likeness (QED) is 0.716. The molecule has 1 N–H and O–H groups in total. The molecule has 1 amide bonds. The number of carbonyl (C=O) groups excluding carboxylic acids is 1. The second kappa shape index (κ2) is 8.39. The highest BCUT2D eigenvalue weighted by Crippen LogP contribution is 2.19. The Balaban J connectivity index is 1.29. The number of piperidine rings is 1. The van der Waals surface area contributed by atoms with E-state index in [1.54, 1.807) is 12.5 Å². The number of nitrogens with one attached hydrogen (secondary N) is 1. The van der Waals surface area contributed by atoms with Crippen LogP contribution in [0.5, 0.6) is 0 Å². The monoisotopic (exact) mass is 378 g/mol. The molecule has 0 bridgehead atoms. The molecule has 4 rings (SSSR count). The first-order valence-corrected chi connectivity index (χ1v) is 9.76. The zero-order valence-electron chi connectivity index (χ0n) is 16.2. The average molecular weight is 378 g/mol. The van der Waals surface area contributed by atoms with Crippen LogP contribution in [-0.2, 0) is 11.3 Å². The Hall–Kier alpha value is -2.93. The summed E-state index contributed by atoms with van der Waals surface area (Å²) in [4.78, 5) is 23.1. The molecule has 1 aliphatic rings. The number of amides is 1. The highest BCUT2D eigenvalue weighted by molar-refractivity contribution is 5.92. The highest BCUT2D eigenvalue weighted by atomic mass is 16.2. The summed E-state index contributed by atoms with van der Waals surface area (Å²) >= 11 is 0. The smallest absolute Gasteiger partial charge is 0.238 e. The third-order valence-electron chi connectivity index (χ3n) is 5.30. The number of hydrogen-bond acceptors (Lipinski definition) is 4. The normalized spacial score (nSPS) is 17.5. The summed E-state index contributed by atoms with van der Waals surface area (Å²) in [6.45, 7) is 5.37. The van der Waals surface area contributed by atoms with Crippen molar-refractivity contribution in [1.82, 2.24) is 24.0 Å². The molecule has 0 radical (unpaired) electrons. The lowest BCUT2D eigenvalue weighted by Crippen LogP contribution is -2.41. The summed E-state index contributed by atoms with van der Waals surface area (Å²) in [7, 11) is 0. The van der Waals surface area contributed by atoms with E-state index >= 15 is 0 Å². The van der Waals surface area contributed by atoms with Crippen LogP contribution in [0, 0.1) is 12.8 Å². The van der Waals surface area contributed by atoms with Gasteiger partial charge in [0.2, 0.25) is 5.91 Å². The number of aryl methyl sites for hydroxylation is 1. The van der Waals surface area contributed by atoms with Crippen LogP contribution in [0.25, 0.3) is 5.69 Å². The average Bonchev–Trinajstić information content (AvgIpc) is 3.35. The van der Waals surface area contributed by atoms with Crippen LogP contribution in [0.4, 0.5) is 5.69 Å². The molecular weight excluding hydrogens is 352 g/mol. The summed E-state index contributed by atoms with van der Waals surface area (Å²) in [5.41, 5.74) is 1.83. The standard InChI is InChI=1S/C21H26N6O/c1-17-23-9-12-26(17)14-18-3-2-10-25(13-18)15-21(28)24-19-4-6-20(7-5-19)27-11-8-22-16-27/h4-9,11-12,16,18H,2-3,10,13-15H2,1H3,(H,24,28)/t18-/m1/s1. The van der Waals surface area contributed by atoms with Gasteiger partial charge in [-0.15, -0.1) is 0 Å². The van der Waals surface area contributed by atoms with Crippen molar-refractivity contribution in [2.45, 2.75) is 26.3 Å². The number of imidazole rings is 2. The van der Waals surface area contributed by atoms with Crippen molar-refractivity contribution in [2.24, 2.45) is 5.92 Å². The van der Waals surface area contributed by atoms with Crippen molar-refractivity contribution in [3.8, 4) is 5.69 Å². The summed E-state index contributed by atoms with van der Waals surface area (Å²) < 4.78 is 4.14. The van der Waals surface area contributed by atoms with E-state index in [-0.39, 0.29) is 5.91 Å². The summed E-state index contributed by atoms with van der Waals surface area (Å²) in [5, 5.41) is 3.01. The van der Waals surface area contributed by atoms with Gasteiger partial charge in [0.15, 0.2) is 0 Å². The molecule has 0 aliphatic carbocycles. The van der Waals surface area contributed by atoms with Crippen LogP contribution in [0.3, 0.4) is 0 Å². The zero-order valence-corrected chi connectivity index (χ0v) is 16.2.